The van der Waals surface area contributed by atoms with Crippen molar-refractivity contribution in [1.29, 1.82) is 0 Å². The smallest absolute Gasteiger partial charge is 0.293 e. The Labute approximate surface area is 174 Å². The Morgan fingerprint density at radius 3 is 2.29 bits per heavy atom. The van der Waals surface area contributed by atoms with Gasteiger partial charge in [0.25, 0.3) is 14.4 Å². The molecule has 0 fully saturated rings. The van der Waals surface area contributed by atoms with Crippen molar-refractivity contribution >= 4 is 60.5 Å². The van der Waals surface area contributed by atoms with E-state index in [9.17, 15) is 13.2 Å². The first-order chi connectivity index (χ1) is 13.0. The van der Waals surface area contributed by atoms with Gasteiger partial charge in [-0.05, 0) is 12.1 Å². The lowest BCUT2D eigenvalue weighted by molar-refractivity contribution is -0.123. The van der Waals surface area contributed by atoms with E-state index in [-0.39, 0.29) is 20.5 Å². The lowest BCUT2D eigenvalue weighted by atomic mass is 9.96. The van der Waals surface area contributed by atoms with E-state index in [1.807, 2.05) is 0 Å². The summed E-state index contributed by atoms with van der Waals surface area (Å²) in [6, 6.07) is 6.93. The molecular weight excluding hydrogens is 444 g/mol. The van der Waals surface area contributed by atoms with Gasteiger partial charge in [-0.1, -0.05) is 67.2 Å². The van der Waals surface area contributed by atoms with Crippen LogP contribution in [0, 0.1) is 5.41 Å². The summed E-state index contributed by atoms with van der Waals surface area (Å²) in [5, 5.41) is 19.0. The highest BCUT2D eigenvalue weighted by molar-refractivity contribution is 7.94. The van der Waals surface area contributed by atoms with E-state index in [0.29, 0.717) is 10.0 Å². The summed E-state index contributed by atoms with van der Waals surface area (Å²) >= 11 is 7.67. The Hall–Kier alpha value is -2.15. The second-order valence-corrected chi connectivity index (χ2v) is 10.8. The van der Waals surface area contributed by atoms with Gasteiger partial charge in [-0.15, -0.1) is 20.4 Å². The third-order valence-electron chi connectivity index (χ3n) is 3.28. The van der Waals surface area contributed by atoms with Crippen LogP contribution in [0.15, 0.2) is 28.6 Å². The van der Waals surface area contributed by atoms with Crippen molar-refractivity contribution in [3.63, 3.8) is 0 Å². The molecule has 3 rings (SSSR count). The normalized spacial score (nSPS) is 12.0. The van der Waals surface area contributed by atoms with Crippen LogP contribution in [0.1, 0.15) is 20.8 Å². The van der Waals surface area contributed by atoms with Crippen molar-refractivity contribution in [3.8, 4) is 10.6 Å². The van der Waals surface area contributed by atoms with Crippen molar-refractivity contribution in [2.45, 2.75) is 25.1 Å². The van der Waals surface area contributed by atoms with E-state index in [2.05, 4.69) is 30.4 Å². The molecule has 0 unspecified atom stereocenters. The molecular formula is C15H15ClN6O3S3. The third-order valence-corrected chi connectivity index (χ3v) is 7.09. The summed E-state index contributed by atoms with van der Waals surface area (Å²) in [5.74, 6) is -0.294. The van der Waals surface area contributed by atoms with E-state index in [0.717, 1.165) is 28.2 Å². The summed E-state index contributed by atoms with van der Waals surface area (Å²) in [6.07, 6.45) is 0. The maximum Gasteiger partial charge on any atom is 0.293 e. The molecule has 3 aromatic rings. The Morgan fingerprint density at radius 2 is 1.64 bits per heavy atom. The number of anilines is 2. The molecule has 2 heterocycles. The number of amides is 1. The van der Waals surface area contributed by atoms with Gasteiger partial charge in [0.05, 0.1) is 0 Å². The zero-order valence-corrected chi connectivity index (χ0v) is 18.1. The van der Waals surface area contributed by atoms with Crippen LogP contribution in [0.5, 0.6) is 0 Å². The van der Waals surface area contributed by atoms with Crippen molar-refractivity contribution in [2.24, 2.45) is 5.41 Å². The lowest BCUT2D eigenvalue weighted by Gasteiger charge is -2.15. The van der Waals surface area contributed by atoms with Gasteiger partial charge >= 0.3 is 0 Å². The van der Waals surface area contributed by atoms with Crippen molar-refractivity contribution in [1.82, 2.24) is 20.4 Å². The van der Waals surface area contributed by atoms with Gasteiger partial charge < -0.3 is 5.32 Å². The van der Waals surface area contributed by atoms with Crippen molar-refractivity contribution in [3.05, 3.63) is 29.3 Å². The molecule has 0 bridgehead atoms. The van der Waals surface area contributed by atoms with Gasteiger partial charge in [0.2, 0.25) is 16.2 Å². The first kappa shape index (κ1) is 20.6. The molecule has 0 aliphatic rings. The second-order valence-electron chi connectivity index (χ2n) is 6.60. The third kappa shape index (κ3) is 4.82. The van der Waals surface area contributed by atoms with E-state index in [1.165, 1.54) is 0 Å². The van der Waals surface area contributed by atoms with Crippen molar-refractivity contribution < 1.29 is 13.2 Å². The van der Waals surface area contributed by atoms with Crippen LogP contribution in [0.3, 0.4) is 0 Å². The molecule has 2 aromatic heterocycles. The Bertz CT molecular complexity index is 1100. The number of rotatable bonds is 5. The first-order valence-corrected chi connectivity index (χ1v) is 11.3. The number of aromatic nitrogens is 4. The van der Waals surface area contributed by atoms with Crippen LogP contribution in [0.25, 0.3) is 10.6 Å². The number of nitrogens with zero attached hydrogens (tertiary/aromatic N) is 4. The maximum absolute atomic E-state index is 12.5. The highest BCUT2D eigenvalue weighted by Gasteiger charge is 2.26. The molecule has 9 nitrogen and oxygen atoms in total. The Morgan fingerprint density at radius 1 is 1.00 bits per heavy atom. The Kier molecular flexibility index (Phi) is 5.66. The SMILES string of the molecule is CC(C)(C)C(=O)Nc1nnc(S(=O)(=O)Nc2nnc(-c3ccc(Cl)cc3)s2)s1. The highest BCUT2D eigenvalue weighted by Crippen LogP contribution is 2.30. The number of benzene rings is 1. The molecule has 13 heteroatoms. The molecule has 0 saturated heterocycles. The summed E-state index contributed by atoms with van der Waals surface area (Å²) in [4.78, 5) is 12.0. The number of hydrogen-bond acceptors (Lipinski definition) is 9. The standard InChI is InChI=1S/C15H15ClN6O3S3/c1-15(2,3)11(23)17-12-19-21-14(27-12)28(24,25)22-13-20-18-10(26-13)8-4-6-9(16)7-5-8/h4-7H,1-3H3,(H,20,22)(H,17,19,23). The minimum Gasteiger partial charge on any atom is -0.300 e. The monoisotopic (exact) mass is 458 g/mol. The summed E-state index contributed by atoms with van der Waals surface area (Å²) in [6.45, 7) is 5.20. The molecule has 148 valence electrons. The number of carbonyl (C=O) groups is 1. The molecule has 28 heavy (non-hydrogen) atoms. The van der Waals surface area contributed by atoms with Crippen LogP contribution < -0.4 is 10.0 Å². The summed E-state index contributed by atoms with van der Waals surface area (Å²) < 4.78 is 27.0. The average molecular weight is 459 g/mol. The molecule has 2 N–H and O–H groups in total. The fraction of sp³-hybridized carbons (Fsp3) is 0.267. The minimum absolute atomic E-state index is 0.0837. The van der Waals surface area contributed by atoms with Crippen LogP contribution in [-0.4, -0.2) is 34.7 Å². The molecule has 0 spiro atoms. The van der Waals surface area contributed by atoms with Crippen LogP contribution in [0.4, 0.5) is 10.3 Å². The van der Waals surface area contributed by atoms with E-state index < -0.39 is 15.4 Å². The largest absolute Gasteiger partial charge is 0.300 e. The van der Waals surface area contributed by atoms with E-state index in [4.69, 9.17) is 11.6 Å². The van der Waals surface area contributed by atoms with Gasteiger partial charge in [-0.2, -0.15) is 8.42 Å². The molecule has 1 amide bonds. The van der Waals surface area contributed by atoms with Crippen molar-refractivity contribution in [2.75, 3.05) is 10.0 Å². The van der Waals surface area contributed by atoms with E-state index in [1.54, 1.807) is 45.0 Å². The fourth-order valence-electron chi connectivity index (χ4n) is 1.79. The number of hydrogen-bond donors (Lipinski definition) is 2. The van der Waals surface area contributed by atoms with Gasteiger partial charge in [-0.25, -0.2) is 0 Å². The van der Waals surface area contributed by atoms with E-state index >= 15 is 0 Å². The number of nitrogens with one attached hydrogen (secondary N) is 2. The quantitative estimate of drug-likeness (QED) is 0.560. The zero-order valence-electron chi connectivity index (χ0n) is 14.9. The summed E-state index contributed by atoms with van der Waals surface area (Å²) in [5.41, 5.74) is 0.114. The molecule has 0 radical (unpaired) electrons. The second kappa shape index (κ2) is 7.70. The van der Waals surface area contributed by atoms with Gasteiger partial charge in [0.15, 0.2) is 0 Å². The highest BCUT2D eigenvalue weighted by atomic mass is 35.5. The topological polar surface area (TPSA) is 127 Å². The molecule has 0 saturated carbocycles. The Balaban J connectivity index is 1.74. The van der Waals surface area contributed by atoms with Crippen LogP contribution in [-0.2, 0) is 14.8 Å². The predicted octanol–water partition coefficient (Wildman–Crippen LogP) is 3.50. The number of carbonyl (C=O) groups excluding carboxylic acids is 1. The number of halogens is 1. The fourth-order valence-corrected chi connectivity index (χ4v) is 4.79. The van der Waals surface area contributed by atoms with Gasteiger partial charge in [-0.3, -0.25) is 9.52 Å². The molecule has 1 aromatic carbocycles. The summed E-state index contributed by atoms with van der Waals surface area (Å²) in [7, 11) is -4.01. The predicted molar refractivity (Wildman–Crippen MR) is 109 cm³/mol. The minimum atomic E-state index is -4.01. The van der Waals surface area contributed by atoms with Gasteiger partial charge in [0, 0.05) is 16.0 Å². The van der Waals surface area contributed by atoms with Crippen LogP contribution >= 0.6 is 34.3 Å². The van der Waals surface area contributed by atoms with Gasteiger partial charge in [0.1, 0.15) is 5.01 Å². The maximum atomic E-state index is 12.5. The lowest BCUT2D eigenvalue weighted by Crippen LogP contribution is -2.27. The molecule has 0 atom stereocenters. The first-order valence-electron chi connectivity index (χ1n) is 7.82. The van der Waals surface area contributed by atoms with Crippen LogP contribution in [0.2, 0.25) is 5.02 Å². The molecule has 0 aliphatic carbocycles. The average Bonchev–Trinajstić information content (AvgIpc) is 3.24. The number of sulfonamides is 1. The zero-order chi connectivity index (χ0) is 20.5. The molecule has 0 aliphatic heterocycles.